The molecule has 0 radical (unpaired) electrons. The van der Waals surface area contributed by atoms with Crippen molar-refractivity contribution >= 4 is 35.2 Å². The van der Waals surface area contributed by atoms with Gasteiger partial charge in [0.2, 0.25) is 0 Å². The molecule has 0 spiro atoms. The van der Waals surface area contributed by atoms with E-state index in [0.717, 1.165) is 15.5 Å². The van der Waals surface area contributed by atoms with Gasteiger partial charge in [-0.3, -0.25) is 9.59 Å². The second kappa shape index (κ2) is 9.54. The van der Waals surface area contributed by atoms with E-state index >= 15 is 0 Å². The lowest BCUT2D eigenvalue weighted by Gasteiger charge is -2.21. The van der Waals surface area contributed by atoms with Crippen LogP contribution < -0.4 is 5.32 Å². The molecule has 0 saturated carbocycles. The Bertz CT molecular complexity index is 741. The predicted octanol–water partition coefficient (Wildman–Crippen LogP) is 1.86. The molecule has 2 aromatic rings. The van der Waals surface area contributed by atoms with Crippen LogP contribution in [0.15, 0.2) is 54.6 Å². The fourth-order valence-corrected chi connectivity index (χ4v) is 2.50. The molecule has 2 atom stereocenters. The molecule has 0 unspecified atom stereocenters. The minimum absolute atomic E-state index is 0.0252. The van der Waals surface area contributed by atoms with Gasteiger partial charge < -0.3 is 15.5 Å². The zero-order valence-corrected chi connectivity index (χ0v) is 15.2. The van der Waals surface area contributed by atoms with E-state index in [1.807, 2.05) is 6.07 Å². The van der Waals surface area contributed by atoms with Crippen LogP contribution in [0.3, 0.4) is 0 Å². The molecule has 0 aliphatic carbocycles. The number of benzene rings is 2. The fraction of sp³-hybridized carbons (Fsp3) is 0.222. The Morgan fingerprint density at radius 3 is 2.19 bits per heavy atom. The highest BCUT2D eigenvalue weighted by molar-refractivity contribution is 6.30. The maximum atomic E-state index is 12.1. The molecule has 6 nitrogen and oxygen atoms in total. The summed E-state index contributed by atoms with van der Waals surface area (Å²) in [5.41, 5.74) is 1.49. The summed E-state index contributed by atoms with van der Waals surface area (Å²) in [7, 11) is 0. The van der Waals surface area contributed by atoms with Gasteiger partial charge in [-0.05, 0) is 23.3 Å². The lowest BCUT2D eigenvalue weighted by atomic mass is 10.1. The van der Waals surface area contributed by atoms with E-state index in [1.54, 1.807) is 48.5 Å². The summed E-state index contributed by atoms with van der Waals surface area (Å²) in [5.74, 6) is -1.85. The summed E-state index contributed by atoms with van der Waals surface area (Å²) < 4.78 is 0.732. The zero-order chi connectivity index (χ0) is 19.1. The molecule has 0 heterocycles. The normalized spacial score (nSPS) is 12.9. The molecule has 2 amide bonds. The summed E-state index contributed by atoms with van der Waals surface area (Å²) in [5, 5.41) is 22.8. The van der Waals surface area contributed by atoms with E-state index in [2.05, 4.69) is 5.32 Å². The van der Waals surface area contributed by atoms with Crippen molar-refractivity contribution < 1.29 is 19.8 Å². The second-order valence-corrected chi connectivity index (χ2v) is 6.42. The molecule has 0 aliphatic heterocycles. The number of amides is 2. The van der Waals surface area contributed by atoms with Gasteiger partial charge in [-0.25, -0.2) is 4.42 Å². The molecular formula is C18H18Cl2N2O4. The standard InChI is InChI=1S/C18H18Cl2N2O4/c19-14-8-6-12(7-9-14)10-21-17(25)15(23)16(24)18(26)22(20)11-13-4-2-1-3-5-13/h1-9,15-16,23-24H,10-11H2,(H,21,25)/t15-,16-/m1/s1. The molecular weight excluding hydrogens is 379 g/mol. The number of rotatable bonds is 7. The molecule has 0 saturated heterocycles. The van der Waals surface area contributed by atoms with Crippen molar-refractivity contribution in [2.45, 2.75) is 25.3 Å². The Balaban J connectivity index is 1.87. The highest BCUT2D eigenvalue weighted by Gasteiger charge is 2.33. The van der Waals surface area contributed by atoms with Gasteiger partial charge >= 0.3 is 0 Å². The molecule has 3 N–H and O–H groups in total. The van der Waals surface area contributed by atoms with Gasteiger partial charge in [0.25, 0.3) is 11.8 Å². The van der Waals surface area contributed by atoms with Gasteiger partial charge in [0.05, 0.1) is 6.54 Å². The molecule has 26 heavy (non-hydrogen) atoms. The van der Waals surface area contributed by atoms with E-state index in [4.69, 9.17) is 23.4 Å². The van der Waals surface area contributed by atoms with Gasteiger partial charge in [0.1, 0.15) is 0 Å². The molecule has 2 aromatic carbocycles. The summed E-state index contributed by atoms with van der Waals surface area (Å²) >= 11 is 11.6. The smallest absolute Gasteiger partial charge is 0.269 e. The first-order valence-electron chi connectivity index (χ1n) is 7.78. The number of nitrogens with one attached hydrogen (secondary N) is 1. The zero-order valence-electron chi connectivity index (χ0n) is 13.7. The van der Waals surface area contributed by atoms with Crippen molar-refractivity contribution in [3.05, 3.63) is 70.7 Å². The Morgan fingerprint density at radius 1 is 0.962 bits per heavy atom. The van der Waals surface area contributed by atoms with Crippen molar-refractivity contribution in [3.63, 3.8) is 0 Å². The molecule has 0 fully saturated rings. The number of carbonyl (C=O) groups is 2. The fourth-order valence-electron chi connectivity index (χ4n) is 2.14. The number of hydrogen-bond donors (Lipinski definition) is 3. The van der Waals surface area contributed by atoms with Crippen LogP contribution in [0.1, 0.15) is 11.1 Å². The van der Waals surface area contributed by atoms with Crippen molar-refractivity contribution in [2.75, 3.05) is 0 Å². The summed E-state index contributed by atoms with van der Waals surface area (Å²) in [6.45, 7) is 0.139. The topological polar surface area (TPSA) is 89.9 Å². The largest absolute Gasteiger partial charge is 0.380 e. The first-order chi connectivity index (χ1) is 12.4. The molecule has 0 aliphatic rings. The van der Waals surface area contributed by atoms with Crippen molar-refractivity contribution in [1.29, 1.82) is 0 Å². The van der Waals surface area contributed by atoms with E-state index in [9.17, 15) is 19.8 Å². The van der Waals surface area contributed by atoms with Crippen LogP contribution in [0.4, 0.5) is 0 Å². The van der Waals surface area contributed by atoms with Crippen LogP contribution in [0.2, 0.25) is 5.02 Å². The van der Waals surface area contributed by atoms with Gasteiger partial charge in [-0.15, -0.1) is 0 Å². The lowest BCUT2D eigenvalue weighted by molar-refractivity contribution is -0.150. The number of aliphatic hydroxyl groups is 2. The Hall–Kier alpha value is -2.12. The minimum Gasteiger partial charge on any atom is -0.380 e. The highest BCUT2D eigenvalue weighted by atomic mass is 35.5. The van der Waals surface area contributed by atoms with Crippen molar-refractivity contribution in [3.8, 4) is 0 Å². The van der Waals surface area contributed by atoms with E-state index in [1.165, 1.54) is 0 Å². The van der Waals surface area contributed by atoms with Gasteiger partial charge in [-0.2, -0.15) is 0 Å². The molecule has 8 heteroatoms. The quantitative estimate of drug-likeness (QED) is 0.623. The predicted molar refractivity (Wildman–Crippen MR) is 98.2 cm³/mol. The summed E-state index contributed by atoms with van der Waals surface area (Å²) in [4.78, 5) is 24.0. The van der Waals surface area contributed by atoms with Gasteiger partial charge in [0, 0.05) is 23.3 Å². The molecule has 0 bridgehead atoms. The van der Waals surface area contributed by atoms with Crippen LogP contribution in [-0.2, 0) is 22.7 Å². The first-order valence-corrected chi connectivity index (χ1v) is 8.49. The molecule has 0 aromatic heterocycles. The van der Waals surface area contributed by atoms with E-state index < -0.39 is 24.0 Å². The Morgan fingerprint density at radius 2 is 1.58 bits per heavy atom. The van der Waals surface area contributed by atoms with Crippen LogP contribution in [0.5, 0.6) is 0 Å². The summed E-state index contributed by atoms with van der Waals surface area (Å²) in [6, 6.07) is 15.6. The molecule has 138 valence electrons. The maximum Gasteiger partial charge on any atom is 0.269 e. The van der Waals surface area contributed by atoms with Crippen LogP contribution in [-0.4, -0.2) is 38.7 Å². The van der Waals surface area contributed by atoms with Crippen LogP contribution in [0, 0.1) is 0 Å². The minimum atomic E-state index is -1.97. The number of nitrogens with zero attached hydrogens (tertiary/aromatic N) is 1. The number of carbonyl (C=O) groups excluding carboxylic acids is 2. The van der Waals surface area contributed by atoms with Crippen molar-refractivity contribution in [1.82, 2.24) is 9.74 Å². The number of aliphatic hydroxyl groups excluding tert-OH is 2. The summed E-state index contributed by atoms with van der Waals surface area (Å²) in [6.07, 6.45) is -3.91. The monoisotopic (exact) mass is 396 g/mol. The van der Waals surface area contributed by atoms with Gasteiger partial charge in [0.15, 0.2) is 12.2 Å². The highest BCUT2D eigenvalue weighted by Crippen LogP contribution is 2.11. The second-order valence-electron chi connectivity index (χ2n) is 5.58. The Kier molecular flexibility index (Phi) is 7.41. The van der Waals surface area contributed by atoms with E-state index in [0.29, 0.717) is 5.02 Å². The van der Waals surface area contributed by atoms with Crippen LogP contribution >= 0.6 is 23.4 Å². The van der Waals surface area contributed by atoms with Gasteiger partial charge in [-0.1, -0.05) is 54.1 Å². The third kappa shape index (κ3) is 5.71. The Labute approximate surface area is 161 Å². The third-order valence-corrected chi connectivity index (χ3v) is 4.14. The average molecular weight is 397 g/mol. The third-order valence-electron chi connectivity index (χ3n) is 3.60. The van der Waals surface area contributed by atoms with Crippen LogP contribution in [0.25, 0.3) is 0 Å². The maximum absolute atomic E-state index is 12.1. The lowest BCUT2D eigenvalue weighted by Crippen LogP contribution is -2.48. The van der Waals surface area contributed by atoms with Crippen molar-refractivity contribution in [2.24, 2.45) is 0 Å². The number of hydrogen-bond acceptors (Lipinski definition) is 4. The molecule has 2 rings (SSSR count). The first kappa shape index (κ1) is 20.2. The number of halogens is 2. The van der Waals surface area contributed by atoms with E-state index in [-0.39, 0.29) is 13.1 Å². The average Bonchev–Trinajstić information content (AvgIpc) is 2.66. The SMILES string of the molecule is O=C(NCc1ccc(Cl)cc1)[C@H](O)[C@@H](O)C(=O)N(Cl)Cc1ccccc1.